The molecule has 3 fully saturated rings. The predicted octanol–water partition coefficient (Wildman–Crippen LogP) is 3.34. The molecular formula is C24H30N8O2. The van der Waals surface area contributed by atoms with E-state index in [-0.39, 0.29) is 18.2 Å². The number of fused-ring (bicyclic) bond motifs is 1. The van der Waals surface area contributed by atoms with Crippen molar-refractivity contribution in [3.05, 3.63) is 30.6 Å². The quantitative estimate of drug-likeness (QED) is 0.491. The molecule has 6 rings (SSSR count). The number of aromatic nitrogens is 4. The lowest BCUT2D eigenvalue weighted by Gasteiger charge is -2.32. The molecule has 10 nitrogen and oxygen atoms in total. The molecule has 0 radical (unpaired) electrons. The Morgan fingerprint density at radius 2 is 1.91 bits per heavy atom. The zero-order valence-corrected chi connectivity index (χ0v) is 19.3. The molecule has 2 aliphatic carbocycles. The van der Waals surface area contributed by atoms with Crippen LogP contribution in [0.4, 0.5) is 22.2 Å². The monoisotopic (exact) mass is 462 g/mol. The number of carbonyl (C=O) groups is 1. The van der Waals surface area contributed by atoms with E-state index in [9.17, 15) is 4.79 Å². The molecule has 0 bridgehead atoms. The van der Waals surface area contributed by atoms with Crippen LogP contribution in [0.15, 0.2) is 30.6 Å². The van der Waals surface area contributed by atoms with Crippen molar-refractivity contribution in [1.29, 1.82) is 0 Å². The Hall–Kier alpha value is -3.40. The molecule has 0 atom stereocenters. The molecule has 10 heteroatoms. The molecule has 2 aromatic heterocycles. The molecule has 3 aliphatic rings. The van der Waals surface area contributed by atoms with E-state index in [1.165, 1.54) is 23.7 Å². The largest absolute Gasteiger partial charge is 0.490 e. The molecule has 178 valence electrons. The van der Waals surface area contributed by atoms with E-state index in [1.807, 2.05) is 24.3 Å². The minimum absolute atomic E-state index is 0.222. The topological polar surface area (TPSA) is 109 Å². The molecular weight excluding hydrogens is 432 g/mol. The smallest absolute Gasteiger partial charge is 0.328 e. The van der Waals surface area contributed by atoms with E-state index in [2.05, 4.69) is 35.8 Å². The Balaban J connectivity index is 1.18. The van der Waals surface area contributed by atoms with Gasteiger partial charge in [-0.25, -0.2) is 14.3 Å². The summed E-state index contributed by atoms with van der Waals surface area (Å²) in [5, 5.41) is 9.30. The van der Waals surface area contributed by atoms with Crippen molar-refractivity contribution >= 4 is 34.6 Å². The lowest BCUT2D eigenvalue weighted by Crippen LogP contribution is -2.39. The van der Waals surface area contributed by atoms with Crippen LogP contribution < -0.4 is 20.7 Å². The zero-order valence-electron chi connectivity index (χ0n) is 19.3. The maximum atomic E-state index is 12.6. The van der Waals surface area contributed by atoms with Gasteiger partial charge in [0.2, 0.25) is 5.95 Å². The number of rotatable bonds is 7. The molecule has 3 aromatic rings. The molecule has 34 heavy (non-hydrogen) atoms. The van der Waals surface area contributed by atoms with E-state index < -0.39 is 0 Å². The highest BCUT2D eigenvalue weighted by atomic mass is 16.5. The standard InChI is InChI=1S/C24H30N8O2/c1-25-21-20-22(32(14-26-20)24(33)28-15-5-6-15)30-23(29-21)27-16-3-2-4-19(13-16)34-18-9-11-31(12-10-18)17-7-8-17/h2-4,13-15,17-18H,5-12H2,1H3,(H,28,33)(H2,25,27,29,30). The highest BCUT2D eigenvalue weighted by Crippen LogP contribution is 2.31. The van der Waals surface area contributed by atoms with Crippen LogP contribution in [0, 0.1) is 0 Å². The lowest BCUT2D eigenvalue weighted by molar-refractivity contribution is 0.0966. The number of imidazole rings is 1. The lowest BCUT2D eigenvalue weighted by atomic mass is 10.1. The van der Waals surface area contributed by atoms with E-state index >= 15 is 0 Å². The highest BCUT2D eigenvalue weighted by molar-refractivity contribution is 5.92. The minimum Gasteiger partial charge on any atom is -0.490 e. The molecule has 1 amide bonds. The summed E-state index contributed by atoms with van der Waals surface area (Å²) in [6.07, 6.45) is 8.60. The Morgan fingerprint density at radius 1 is 1.09 bits per heavy atom. The van der Waals surface area contributed by atoms with Gasteiger partial charge in [0, 0.05) is 44.0 Å². The first-order valence-electron chi connectivity index (χ1n) is 12.2. The Morgan fingerprint density at radius 3 is 2.65 bits per heavy atom. The van der Waals surface area contributed by atoms with Gasteiger partial charge in [0.25, 0.3) is 0 Å². The molecule has 1 saturated heterocycles. The van der Waals surface area contributed by atoms with Crippen molar-refractivity contribution < 1.29 is 9.53 Å². The number of nitrogens with one attached hydrogen (secondary N) is 3. The average molecular weight is 463 g/mol. The molecule has 2 saturated carbocycles. The van der Waals surface area contributed by atoms with Gasteiger partial charge in [-0.1, -0.05) is 6.07 Å². The third kappa shape index (κ3) is 4.50. The second-order valence-electron chi connectivity index (χ2n) is 9.39. The van der Waals surface area contributed by atoms with Gasteiger partial charge in [0.15, 0.2) is 17.0 Å². The van der Waals surface area contributed by atoms with E-state index in [0.29, 0.717) is 22.9 Å². The molecule has 3 N–H and O–H groups in total. The Labute approximate surface area is 198 Å². The Kier molecular flexibility index (Phi) is 5.44. The first-order valence-corrected chi connectivity index (χ1v) is 12.2. The summed E-state index contributed by atoms with van der Waals surface area (Å²) in [7, 11) is 1.78. The van der Waals surface area contributed by atoms with Gasteiger partial charge >= 0.3 is 6.03 Å². The SMILES string of the molecule is CNc1nc(Nc2cccc(OC3CCN(C4CC4)CC3)c2)nc2c1ncn2C(=O)NC1CC1. The molecule has 0 spiro atoms. The summed E-state index contributed by atoms with van der Waals surface area (Å²) in [6.45, 7) is 2.24. The molecule has 1 aliphatic heterocycles. The molecule has 0 unspecified atom stereocenters. The van der Waals surface area contributed by atoms with Crippen LogP contribution in [0.25, 0.3) is 11.2 Å². The van der Waals surface area contributed by atoms with Crippen molar-refractivity contribution in [3.8, 4) is 5.75 Å². The number of hydrogen-bond acceptors (Lipinski definition) is 8. The van der Waals surface area contributed by atoms with Gasteiger partial charge in [0.05, 0.1) is 0 Å². The van der Waals surface area contributed by atoms with Crippen molar-refractivity contribution in [2.45, 2.75) is 56.7 Å². The number of hydrogen-bond donors (Lipinski definition) is 3. The van der Waals surface area contributed by atoms with Crippen molar-refractivity contribution in [2.24, 2.45) is 0 Å². The Bertz CT molecular complexity index is 1190. The second kappa shape index (κ2) is 8.75. The number of nitrogens with zero attached hydrogens (tertiary/aromatic N) is 5. The van der Waals surface area contributed by atoms with Crippen LogP contribution in [0.5, 0.6) is 5.75 Å². The van der Waals surface area contributed by atoms with Crippen LogP contribution in [0.2, 0.25) is 0 Å². The number of likely N-dealkylation sites (tertiary alicyclic amines) is 1. The summed E-state index contributed by atoms with van der Waals surface area (Å²) < 4.78 is 7.73. The summed E-state index contributed by atoms with van der Waals surface area (Å²) in [5.74, 6) is 1.77. The first-order chi connectivity index (χ1) is 16.7. The van der Waals surface area contributed by atoms with Crippen molar-refractivity contribution in [1.82, 2.24) is 29.7 Å². The minimum atomic E-state index is -0.222. The van der Waals surface area contributed by atoms with E-state index in [1.54, 1.807) is 7.05 Å². The number of piperidine rings is 1. The van der Waals surface area contributed by atoms with Crippen LogP contribution in [-0.4, -0.2) is 68.8 Å². The normalized spacial score (nSPS) is 19.2. The highest BCUT2D eigenvalue weighted by Gasteiger charge is 2.32. The average Bonchev–Trinajstić information content (AvgIpc) is 3.78. The van der Waals surface area contributed by atoms with Crippen LogP contribution >= 0.6 is 0 Å². The van der Waals surface area contributed by atoms with Gasteiger partial charge < -0.3 is 25.6 Å². The van der Waals surface area contributed by atoms with Crippen molar-refractivity contribution in [2.75, 3.05) is 30.8 Å². The number of amides is 1. The maximum absolute atomic E-state index is 12.6. The summed E-state index contributed by atoms with van der Waals surface area (Å²) >= 11 is 0. The van der Waals surface area contributed by atoms with E-state index in [0.717, 1.165) is 56.3 Å². The summed E-state index contributed by atoms with van der Waals surface area (Å²) in [4.78, 5) is 28.7. The summed E-state index contributed by atoms with van der Waals surface area (Å²) in [5.41, 5.74) is 1.83. The fourth-order valence-electron chi connectivity index (χ4n) is 4.52. The third-order valence-electron chi connectivity index (χ3n) is 6.69. The molecule has 1 aromatic carbocycles. The number of benzene rings is 1. The fourth-order valence-corrected chi connectivity index (χ4v) is 4.52. The maximum Gasteiger partial charge on any atom is 0.328 e. The predicted molar refractivity (Wildman–Crippen MR) is 130 cm³/mol. The van der Waals surface area contributed by atoms with Crippen LogP contribution in [0.1, 0.15) is 38.5 Å². The first kappa shape index (κ1) is 21.2. The number of ether oxygens (including phenoxy) is 1. The van der Waals surface area contributed by atoms with Gasteiger partial charge in [-0.3, -0.25) is 0 Å². The van der Waals surface area contributed by atoms with Gasteiger partial charge in [-0.2, -0.15) is 9.97 Å². The van der Waals surface area contributed by atoms with Gasteiger partial charge in [-0.05, 0) is 50.7 Å². The second-order valence-corrected chi connectivity index (χ2v) is 9.39. The zero-order chi connectivity index (χ0) is 23.1. The van der Waals surface area contributed by atoms with Gasteiger partial charge in [-0.15, -0.1) is 0 Å². The fraction of sp³-hybridized carbons (Fsp3) is 0.500. The van der Waals surface area contributed by atoms with Crippen LogP contribution in [0.3, 0.4) is 0 Å². The third-order valence-corrected chi connectivity index (χ3v) is 6.69. The van der Waals surface area contributed by atoms with E-state index in [4.69, 9.17) is 4.74 Å². The summed E-state index contributed by atoms with van der Waals surface area (Å²) in [6, 6.07) is 8.71. The van der Waals surface area contributed by atoms with Crippen molar-refractivity contribution in [3.63, 3.8) is 0 Å². The number of carbonyl (C=O) groups excluding carboxylic acids is 1. The number of anilines is 3. The van der Waals surface area contributed by atoms with Gasteiger partial charge in [0.1, 0.15) is 18.2 Å². The molecule has 3 heterocycles. The van der Waals surface area contributed by atoms with Crippen LogP contribution in [-0.2, 0) is 0 Å².